The summed E-state index contributed by atoms with van der Waals surface area (Å²) in [6, 6.07) is 7.48. The van der Waals surface area contributed by atoms with Crippen molar-refractivity contribution in [2.45, 2.75) is 39.7 Å². The van der Waals surface area contributed by atoms with Crippen LogP contribution in [0.1, 0.15) is 33.3 Å². The Kier molecular flexibility index (Phi) is 5.29. The molecule has 0 heterocycles. The fourth-order valence-electron chi connectivity index (χ4n) is 1.48. The molecule has 0 radical (unpaired) electrons. The van der Waals surface area contributed by atoms with Crippen molar-refractivity contribution in [2.24, 2.45) is 5.92 Å². The molecule has 0 spiro atoms. The average Bonchev–Trinajstić information content (AvgIpc) is 2.28. The largest absolute Gasteiger partial charge is 0.459 e. The number of ether oxygens (including phenoxy) is 1. The van der Waals surface area contributed by atoms with Crippen LogP contribution in [-0.4, -0.2) is 17.4 Å². The van der Waals surface area contributed by atoms with Gasteiger partial charge in [0.05, 0.1) is 0 Å². The zero-order valence-corrected chi connectivity index (χ0v) is 13.3. The second kappa shape index (κ2) is 6.33. The van der Waals surface area contributed by atoms with Gasteiger partial charge in [-0.15, -0.1) is 0 Å². The first-order valence-electron chi connectivity index (χ1n) is 6.19. The molecule has 1 aromatic carbocycles. The van der Waals surface area contributed by atoms with Crippen LogP contribution in [-0.2, 0) is 20.7 Å². The van der Waals surface area contributed by atoms with E-state index < -0.39 is 17.5 Å². The highest BCUT2D eigenvalue weighted by atomic mass is 79.9. The van der Waals surface area contributed by atoms with E-state index in [1.807, 2.05) is 24.3 Å². The lowest BCUT2D eigenvalue weighted by atomic mass is 9.99. The molecular formula is C15H19BrO3. The van der Waals surface area contributed by atoms with Crippen LogP contribution in [0.25, 0.3) is 0 Å². The number of ketones is 1. The number of benzene rings is 1. The van der Waals surface area contributed by atoms with Gasteiger partial charge in [0.1, 0.15) is 11.5 Å². The minimum Gasteiger partial charge on any atom is -0.459 e. The van der Waals surface area contributed by atoms with E-state index in [1.54, 1.807) is 27.7 Å². The van der Waals surface area contributed by atoms with Crippen LogP contribution in [0.3, 0.4) is 0 Å². The highest BCUT2D eigenvalue weighted by Gasteiger charge is 2.26. The fourth-order valence-corrected chi connectivity index (χ4v) is 1.74. The van der Waals surface area contributed by atoms with E-state index in [0.717, 1.165) is 10.0 Å². The van der Waals surface area contributed by atoms with Gasteiger partial charge in [0, 0.05) is 10.9 Å². The number of Topliss-reactive ketones (excluding diaryl/α,β-unsaturated/α-hetero) is 1. The second-order valence-corrected chi connectivity index (χ2v) is 6.44. The van der Waals surface area contributed by atoms with Crippen LogP contribution in [0.15, 0.2) is 28.7 Å². The fraction of sp³-hybridized carbons (Fsp3) is 0.467. The van der Waals surface area contributed by atoms with Gasteiger partial charge in [0.25, 0.3) is 0 Å². The number of halogens is 1. The summed E-state index contributed by atoms with van der Waals surface area (Å²) in [6.07, 6.45) is 0.244. The molecule has 0 N–H and O–H groups in total. The van der Waals surface area contributed by atoms with Crippen LogP contribution < -0.4 is 0 Å². The smallest absolute Gasteiger partial charge is 0.316 e. The SMILES string of the molecule is CC(C(=O)Cc1ccc(Br)cc1)C(=O)OC(C)(C)C. The van der Waals surface area contributed by atoms with Crippen LogP contribution in [0, 0.1) is 5.92 Å². The number of rotatable bonds is 4. The first-order valence-corrected chi connectivity index (χ1v) is 6.98. The Morgan fingerprint density at radius 2 is 1.74 bits per heavy atom. The molecule has 0 bridgehead atoms. The van der Waals surface area contributed by atoms with Crippen LogP contribution in [0.4, 0.5) is 0 Å². The lowest BCUT2D eigenvalue weighted by Crippen LogP contribution is -2.31. The monoisotopic (exact) mass is 326 g/mol. The van der Waals surface area contributed by atoms with E-state index in [9.17, 15) is 9.59 Å². The Hall–Kier alpha value is -1.16. The normalized spacial score (nSPS) is 12.9. The molecule has 0 aliphatic heterocycles. The topological polar surface area (TPSA) is 43.4 Å². The lowest BCUT2D eigenvalue weighted by Gasteiger charge is -2.21. The zero-order chi connectivity index (χ0) is 14.6. The van der Waals surface area contributed by atoms with E-state index in [2.05, 4.69) is 15.9 Å². The second-order valence-electron chi connectivity index (χ2n) is 5.52. The van der Waals surface area contributed by atoms with Gasteiger partial charge in [-0.1, -0.05) is 28.1 Å². The Morgan fingerprint density at radius 3 is 2.21 bits per heavy atom. The summed E-state index contributed by atoms with van der Waals surface area (Å²) in [6.45, 7) is 6.96. The Morgan fingerprint density at radius 1 is 1.21 bits per heavy atom. The number of hydrogen-bond donors (Lipinski definition) is 0. The number of carbonyl (C=O) groups excluding carboxylic acids is 2. The summed E-state index contributed by atoms with van der Waals surface area (Å²) in [5.41, 5.74) is 0.326. The Labute approximate surface area is 122 Å². The van der Waals surface area contributed by atoms with Gasteiger partial charge in [-0.3, -0.25) is 9.59 Å². The minimum atomic E-state index is -0.733. The number of esters is 1. The van der Waals surface area contributed by atoms with Gasteiger partial charge in [0.15, 0.2) is 5.78 Å². The van der Waals surface area contributed by atoms with Crippen molar-refractivity contribution in [2.75, 3.05) is 0 Å². The summed E-state index contributed by atoms with van der Waals surface area (Å²) in [5.74, 6) is -1.32. The Balaban J connectivity index is 2.62. The summed E-state index contributed by atoms with van der Waals surface area (Å²) in [7, 11) is 0. The maximum atomic E-state index is 12.0. The molecule has 104 valence electrons. The Bertz CT molecular complexity index is 457. The van der Waals surface area contributed by atoms with Crippen molar-refractivity contribution >= 4 is 27.7 Å². The number of hydrogen-bond acceptors (Lipinski definition) is 3. The maximum Gasteiger partial charge on any atom is 0.316 e. The molecule has 0 amide bonds. The summed E-state index contributed by atoms with van der Waals surface area (Å²) in [4.78, 5) is 23.8. The van der Waals surface area contributed by atoms with E-state index in [-0.39, 0.29) is 12.2 Å². The molecule has 19 heavy (non-hydrogen) atoms. The van der Waals surface area contributed by atoms with Gasteiger partial charge >= 0.3 is 5.97 Å². The highest BCUT2D eigenvalue weighted by Crippen LogP contribution is 2.15. The van der Waals surface area contributed by atoms with Crippen LogP contribution in [0.2, 0.25) is 0 Å². The van der Waals surface area contributed by atoms with E-state index >= 15 is 0 Å². The molecule has 3 nitrogen and oxygen atoms in total. The standard InChI is InChI=1S/C15H19BrO3/c1-10(14(18)19-15(2,3)4)13(17)9-11-5-7-12(16)8-6-11/h5-8,10H,9H2,1-4H3. The van der Waals surface area contributed by atoms with Crippen molar-refractivity contribution < 1.29 is 14.3 Å². The van der Waals surface area contributed by atoms with Gasteiger partial charge in [-0.25, -0.2) is 0 Å². The van der Waals surface area contributed by atoms with Crippen molar-refractivity contribution in [1.82, 2.24) is 0 Å². The maximum absolute atomic E-state index is 12.0. The predicted octanol–water partition coefficient (Wildman–Crippen LogP) is 3.54. The number of carbonyl (C=O) groups is 2. The molecule has 1 aromatic rings. The molecule has 0 aliphatic carbocycles. The van der Waals surface area contributed by atoms with Gasteiger partial charge < -0.3 is 4.74 Å². The predicted molar refractivity (Wildman–Crippen MR) is 77.9 cm³/mol. The average molecular weight is 327 g/mol. The molecule has 1 rings (SSSR count). The van der Waals surface area contributed by atoms with Crippen LogP contribution >= 0.6 is 15.9 Å². The van der Waals surface area contributed by atoms with Crippen molar-refractivity contribution in [3.05, 3.63) is 34.3 Å². The molecule has 0 saturated heterocycles. The molecule has 4 heteroatoms. The lowest BCUT2D eigenvalue weighted by molar-refractivity contribution is -0.161. The minimum absolute atomic E-state index is 0.128. The third-order valence-corrected chi connectivity index (χ3v) is 3.06. The third kappa shape index (κ3) is 5.55. The van der Waals surface area contributed by atoms with Gasteiger partial charge in [-0.2, -0.15) is 0 Å². The van der Waals surface area contributed by atoms with Crippen molar-refractivity contribution in [3.63, 3.8) is 0 Å². The third-order valence-electron chi connectivity index (χ3n) is 2.53. The molecule has 0 aliphatic rings. The summed E-state index contributed by atoms with van der Waals surface area (Å²) < 4.78 is 6.17. The first kappa shape index (κ1) is 15.9. The van der Waals surface area contributed by atoms with E-state index in [4.69, 9.17) is 4.74 Å². The zero-order valence-electron chi connectivity index (χ0n) is 11.7. The van der Waals surface area contributed by atoms with E-state index in [1.165, 1.54) is 0 Å². The molecular weight excluding hydrogens is 308 g/mol. The summed E-state index contributed by atoms with van der Waals surface area (Å²) >= 11 is 3.34. The van der Waals surface area contributed by atoms with Crippen LogP contribution in [0.5, 0.6) is 0 Å². The van der Waals surface area contributed by atoms with E-state index in [0.29, 0.717) is 0 Å². The molecule has 0 fully saturated rings. The summed E-state index contributed by atoms with van der Waals surface area (Å²) in [5, 5.41) is 0. The van der Waals surface area contributed by atoms with Crippen molar-refractivity contribution in [1.29, 1.82) is 0 Å². The van der Waals surface area contributed by atoms with Gasteiger partial charge in [0.2, 0.25) is 0 Å². The molecule has 0 aromatic heterocycles. The quantitative estimate of drug-likeness (QED) is 0.627. The molecule has 1 atom stereocenters. The molecule has 1 unspecified atom stereocenters. The highest BCUT2D eigenvalue weighted by molar-refractivity contribution is 9.10. The first-order chi connectivity index (χ1) is 8.69. The molecule has 0 saturated carbocycles. The van der Waals surface area contributed by atoms with Gasteiger partial charge in [-0.05, 0) is 45.4 Å². The van der Waals surface area contributed by atoms with Crippen molar-refractivity contribution in [3.8, 4) is 0 Å².